The SMILES string of the molecule is CCOc1ccc(N2CCN[C@H](C)C2)cc1OC(F)(F)F. The number of hydrogen-bond acceptors (Lipinski definition) is 4. The Hall–Kier alpha value is -1.63. The first-order valence-corrected chi connectivity index (χ1v) is 6.90. The summed E-state index contributed by atoms with van der Waals surface area (Å²) in [5.74, 6) is -0.199. The summed E-state index contributed by atoms with van der Waals surface area (Å²) in [7, 11) is 0. The largest absolute Gasteiger partial charge is 0.573 e. The van der Waals surface area contributed by atoms with E-state index in [1.165, 1.54) is 12.1 Å². The molecule has 0 amide bonds. The molecule has 4 nitrogen and oxygen atoms in total. The predicted octanol–water partition coefficient (Wildman–Crippen LogP) is 2.78. The fourth-order valence-corrected chi connectivity index (χ4v) is 2.34. The van der Waals surface area contributed by atoms with Gasteiger partial charge in [-0.3, -0.25) is 0 Å². The van der Waals surface area contributed by atoms with Crippen molar-refractivity contribution in [2.75, 3.05) is 31.1 Å². The quantitative estimate of drug-likeness (QED) is 0.927. The lowest BCUT2D eigenvalue weighted by Gasteiger charge is -2.34. The van der Waals surface area contributed by atoms with E-state index >= 15 is 0 Å². The maximum absolute atomic E-state index is 12.5. The Morgan fingerprint density at radius 3 is 2.71 bits per heavy atom. The number of rotatable bonds is 4. The van der Waals surface area contributed by atoms with E-state index in [9.17, 15) is 13.2 Å². The zero-order valence-electron chi connectivity index (χ0n) is 12.0. The summed E-state index contributed by atoms with van der Waals surface area (Å²) >= 11 is 0. The molecule has 118 valence electrons. The van der Waals surface area contributed by atoms with Crippen molar-refractivity contribution in [1.82, 2.24) is 5.32 Å². The average molecular weight is 304 g/mol. The molecule has 1 saturated heterocycles. The van der Waals surface area contributed by atoms with E-state index in [1.54, 1.807) is 13.0 Å². The van der Waals surface area contributed by atoms with Crippen LogP contribution in [0.3, 0.4) is 0 Å². The van der Waals surface area contributed by atoms with E-state index in [-0.39, 0.29) is 24.1 Å². The highest BCUT2D eigenvalue weighted by Crippen LogP contribution is 2.36. The van der Waals surface area contributed by atoms with Gasteiger partial charge in [0.05, 0.1) is 6.61 Å². The lowest BCUT2D eigenvalue weighted by molar-refractivity contribution is -0.275. The number of benzene rings is 1. The van der Waals surface area contributed by atoms with Gasteiger partial charge >= 0.3 is 6.36 Å². The van der Waals surface area contributed by atoms with Crippen molar-refractivity contribution < 1.29 is 22.6 Å². The van der Waals surface area contributed by atoms with Crippen LogP contribution in [0, 0.1) is 0 Å². The summed E-state index contributed by atoms with van der Waals surface area (Å²) in [6.45, 7) is 6.29. The van der Waals surface area contributed by atoms with Gasteiger partial charge in [0.15, 0.2) is 11.5 Å². The molecule has 2 rings (SSSR count). The number of nitrogens with one attached hydrogen (secondary N) is 1. The number of hydrogen-bond donors (Lipinski definition) is 1. The van der Waals surface area contributed by atoms with E-state index in [4.69, 9.17) is 4.74 Å². The topological polar surface area (TPSA) is 33.7 Å². The monoisotopic (exact) mass is 304 g/mol. The molecule has 0 unspecified atom stereocenters. The van der Waals surface area contributed by atoms with E-state index in [1.807, 2.05) is 11.8 Å². The third-order valence-electron chi connectivity index (χ3n) is 3.19. The van der Waals surface area contributed by atoms with Gasteiger partial charge in [0.2, 0.25) is 0 Å². The maximum Gasteiger partial charge on any atom is 0.573 e. The minimum atomic E-state index is -4.73. The first-order chi connectivity index (χ1) is 9.89. The van der Waals surface area contributed by atoms with Crippen LogP contribution in [0.15, 0.2) is 18.2 Å². The molecule has 0 bridgehead atoms. The van der Waals surface area contributed by atoms with Crippen LogP contribution < -0.4 is 19.7 Å². The molecule has 1 aromatic carbocycles. The maximum atomic E-state index is 12.5. The molecule has 1 atom stereocenters. The number of anilines is 1. The van der Waals surface area contributed by atoms with Crippen molar-refractivity contribution in [2.45, 2.75) is 26.3 Å². The average Bonchev–Trinajstić information content (AvgIpc) is 2.39. The van der Waals surface area contributed by atoms with E-state index in [2.05, 4.69) is 10.1 Å². The van der Waals surface area contributed by atoms with Crippen LogP contribution in [0.1, 0.15) is 13.8 Å². The van der Waals surface area contributed by atoms with E-state index in [0.717, 1.165) is 19.6 Å². The van der Waals surface area contributed by atoms with Gasteiger partial charge < -0.3 is 19.7 Å². The van der Waals surface area contributed by atoms with Crippen LogP contribution in [0.2, 0.25) is 0 Å². The van der Waals surface area contributed by atoms with Crippen molar-refractivity contribution >= 4 is 5.69 Å². The van der Waals surface area contributed by atoms with Crippen LogP contribution in [-0.4, -0.2) is 38.6 Å². The highest BCUT2D eigenvalue weighted by atomic mass is 19.4. The molecule has 21 heavy (non-hydrogen) atoms. The summed E-state index contributed by atoms with van der Waals surface area (Å²) in [6.07, 6.45) is -4.73. The van der Waals surface area contributed by atoms with Crippen LogP contribution in [0.25, 0.3) is 0 Å². The smallest absolute Gasteiger partial charge is 0.490 e. The van der Waals surface area contributed by atoms with Gasteiger partial charge in [-0.15, -0.1) is 13.2 Å². The Bertz CT molecular complexity index is 480. The molecule has 1 fully saturated rings. The molecule has 0 aliphatic carbocycles. The lowest BCUT2D eigenvalue weighted by atomic mass is 10.2. The summed E-state index contributed by atoms with van der Waals surface area (Å²) < 4.78 is 46.8. The zero-order valence-corrected chi connectivity index (χ0v) is 12.0. The van der Waals surface area contributed by atoms with Crippen molar-refractivity contribution in [3.8, 4) is 11.5 Å². The number of ether oxygens (including phenoxy) is 2. The molecular weight excluding hydrogens is 285 g/mol. The second-order valence-corrected chi connectivity index (χ2v) is 4.91. The van der Waals surface area contributed by atoms with Crippen molar-refractivity contribution in [2.24, 2.45) is 0 Å². The molecular formula is C14H19F3N2O2. The van der Waals surface area contributed by atoms with E-state index < -0.39 is 6.36 Å². The molecule has 0 aromatic heterocycles. The Morgan fingerprint density at radius 1 is 1.33 bits per heavy atom. The molecule has 0 spiro atoms. The molecule has 1 aliphatic heterocycles. The highest BCUT2D eigenvalue weighted by Gasteiger charge is 2.33. The third kappa shape index (κ3) is 4.42. The lowest BCUT2D eigenvalue weighted by Crippen LogP contribution is -2.49. The fraction of sp³-hybridized carbons (Fsp3) is 0.571. The second-order valence-electron chi connectivity index (χ2n) is 4.91. The number of alkyl halides is 3. The molecule has 0 saturated carbocycles. The fourth-order valence-electron chi connectivity index (χ4n) is 2.34. The standard InChI is InChI=1S/C14H19F3N2O2/c1-3-20-12-5-4-11(8-13(12)21-14(15,16)17)19-7-6-18-10(2)9-19/h4-5,8,10,18H,3,6-7,9H2,1-2H3/t10-/m1/s1. The first-order valence-electron chi connectivity index (χ1n) is 6.90. The van der Waals surface area contributed by atoms with Gasteiger partial charge in [0.25, 0.3) is 0 Å². The minimum Gasteiger partial charge on any atom is -0.490 e. The summed E-state index contributed by atoms with van der Waals surface area (Å²) in [6, 6.07) is 4.95. The van der Waals surface area contributed by atoms with Crippen LogP contribution in [0.5, 0.6) is 11.5 Å². The second kappa shape index (κ2) is 6.43. The zero-order chi connectivity index (χ0) is 15.5. The number of nitrogens with zero attached hydrogens (tertiary/aromatic N) is 1. The Labute approximate surface area is 121 Å². The van der Waals surface area contributed by atoms with Crippen molar-refractivity contribution in [3.63, 3.8) is 0 Å². The summed E-state index contributed by atoms with van der Waals surface area (Å²) in [5, 5.41) is 3.29. The van der Waals surface area contributed by atoms with E-state index in [0.29, 0.717) is 5.69 Å². The Kier molecular flexibility index (Phi) is 4.82. The van der Waals surface area contributed by atoms with Gasteiger partial charge in [-0.05, 0) is 26.0 Å². The summed E-state index contributed by atoms with van der Waals surface area (Å²) in [4.78, 5) is 2.03. The predicted molar refractivity (Wildman–Crippen MR) is 74.0 cm³/mol. The van der Waals surface area contributed by atoms with Crippen LogP contribution in [-0.2, 0) is 0 Å². The first kappa shape index (κ1) is 15.8. The van der Waals surface area contributed by atoms with Crippen molar-refractivity contribution in [3.05, 3.63) is 18.2 Å². The summed E-state index contributed by atoms with van der Waals surface area (Å²) in [5.41, 5.74) is 0.700. The normalized spacial score (nSPS) is 19.5. The molecule has 1 aliphatic rings. The molecule has 7 heteroatoms. The number of piperazine rings is 1. The Morgan fingerprint density at radius 2 is 2.10 bits per heavy atom. The number of halogens is 3. The molecule has 1 heterocycles. The molecule has 1 aromatic rings. The highest BCUT2D eigenvalue weighted by molar-refractivity contribution is 5.57. The molecule has 0 radical (unpaired) electrons. The van der Waals surface area contributed by atoms with Gasteiger partial charge in [-0.25, -0.2) is 0 Å². The van der Waals surface area contributed by atoms with Gasteiger partial charge in [0, 0.05) is 37.4 Å². The van der Waals surface area contributed by atoms with Crippen LogP contribution >= 0.6 is 0 Å². The van der Waals surface area contributed by atoms with Gasteiger partial charge in [-0.1, -0.05) is 0 Å². The molecule has 1 N–H and O–H groups in total. The Balaban J connectivity index is 2.25. The minimum absolute atomic E-state index is 0.0988. The third-order valence-corrected chi connectivity index (χ3v) is 3.19. The van der Waals surface area contributed by atoms with Gasteiger partial charge in [-0.2, -0.15) is 0 Å². The van der Waals surface area contributed by atoms with Crippen molar-refractivity contribution in [1.29, 1.82) is 0 Å². The van der Waals surface area contributed by atoms with Gasteiger partial charge in [0.1, 0.15) is 0 Å². The van der Waals surface area contributed by atoms with Crippen LogP contribution in [0.4, 0.5) is 18.9 Å².